The van der Waals surface area contributed by atoms with Gasteiger partial charge in [0, 0.05) is 23.7 Å². The van der Waals surface area contributed by atoms with Gasteiger partial charge in [-0.1, -0.05) is 30.3 Å². The highest BCUT2D eigenvalue weighted by Gasteiger charge is 2.19. The molecule has 1 saturated heterocycles. The highest BCUT2D eigenvalue weighted by molar-refractivity contribution is 7.13. The third kappa shape index (κ3) is 3.08. The van der Waals surface area contributed by atoms with Crippen molar-refractivity contribution >= 4 is 22.9 Å². The van der Waals surface area contributed by atoms with Crippen LogP contribution in [0.5, 0.6) is 0 Å². The molecule has 0 radical (unpaired) electrons. The number of rotatable bonds is 4. The minimum atomic E-state index is -0.226. The molecule has 1 atom stereocenters. The number of amides is 1. The van der Waals surface area contributed by atoms with Gasteiger partial charge in [0.25, 0.3) is 5.91 Å². The summed E-state index contributed by atoms with van der Waals surface area (Å²) in [5.74, 6) is -0.226. The molecule has 6 nitrogen and oxygen atoms in total. The fourth-order valence-corrected chi connectivity index (χ4v) is 3.43. The summed E-state index contributed by atoms with van der Waals surface area (Å²) in [5.41, 5.74) is 2.09. The molecule has 1 aromatic carbocycles. The molecule has 0 unspecified atom stereocenters. The first-order valence-electron chi connectivity index (χ1n) is 7.74. The molecule has 7 heteroatoms. The van der Waals surface area contributed by atoms with Crippen molar-refractivity contribution in [1.29, 1.82) is 0 Å². The van der Waals surface area contributed by atoms with E-state index in [1.165, 1.54) is 11.3 Å². The maximum atomic E-state index is 12.4. The zero-order chi connectivity index (χ0) is 16.4. The van der Waals surface area contributed by atoms with Gasteiger partial charge >= 0.3 is 0 Å². The Balaban J connectivity index is 1.46. The number of hydrogen-bond donors (Lipinski definition) is 1. The van der Waals surface area contributed by atoms with Gasteiger partial charge in [0.1, 0.15) is 10.7 Å². The van der Waals surface area contributed by atoms with Crippen LogP contribution in [0.4, 0.5) is 5.69 Å². The number of thiazole rings is 1. The van der Waals surface area contributed by atoms with Gasteiger partial charge in [-0.05, 0) is 6.42 Å². The van der Waals surface area contributed by atoms with Crippen molar-refractivity contribution in [2.45, 2.75) is 12.5 Å². The van der Waals surface area contributed by atoms with E-state index in [4.69, 9.17) is 4.74 Å². The summed E-state index contributed by atoms with van der Waals surface area (Å²) in [6, 6.07) is 10.1. The van der Waals surface area contributed by atoms with Crippen molar-refractivity contribution in [3.05, 3.63) is 53.8 Å². The minimum absolute atomic E-state index is 0.226. The van der Waals surface area contributed by atoms with E-state index >= 15 is 0 Å². The lowest BCUT2D eigenvalue weighted by Crippen LogP contribution is -2.12. The zero-order valence-corrected chi connectivity index (χ0v) is 13.7. The second-order valence-corrected chi connectivity index (χ2v) is 6.44. The largest absolute Gasteiger partial charge is 0.379 e. The number of hydrogen-bond acceptors (Lipinski definition) is 5. The van der Waals surface area contributed by atoms with E-state index in [0.717, 1.165) is 23.6 Å². The van der Waals surface area contributed by atoms with Crippen LogP contribution < -0.4 is 5.32 Å². The van der Waals surface area contributed by atoms with Crippen LogP contribution >= 0.6 is 11.3 Å². The molecule has 1 aliphatic heterocycles. The van der Waals surface area contributed by atoms with Crippen LogP contribution in [0.25, 0.3) is 10.6 Å². The molecule has 0 bridgehead atoms. The fourth-order valence-electron chi connectivity index (χ4n) is 2.62. The third-order valence-corrected chi connectivity index (χ3v) is 4.79. The Morgan fingerprint density at radius 2 is 2.21 bits per heavy atom. The zero-order valence-electron chi connectivity index (χ0n) is 12.9. The molecule has 4 rings (SSSR count). The molecule has 122 valence electrons. The summed E-state index contributed by atoms with van der Waals surface area (Å²) in [4.78, 5) is 16.8. The average molecular weight is 340 g/mol. The number of nitrogens with one attached hydrogen (secondary N) is 1. The predicted molar refractivity (Wildman–Crippen MR) is 92.2 cm³/mol. The van der Waals surface area contributed by atoms with Gasteiger partial charge < -0.3 is 10.1 Å². The van der Waals surface area contributed by atoms with E-state index in [0.29, 0.717) is 18.0 Å². The van der Waals surface area contributed by atoms with Crippen molar-refractivity contribution in [2.24, 2.45) is 0 Å². The quantitative estimate of drug-likeness (QED) is 0.792. The Kier molecular flexibility index (Phi) is 4.10. The standard InChI is InChI=1S/C17H16N4O2S/c22-16(15-11-24-17(20-15)12-4-2-1-3-5-12)19-13-8-18-21(9-13)14-6-7-23-10-14/h1-5,8-9,11,14H,6-7,10H2,(H,19,22)/t14-/m1/s1. The van der Waals surface area contributed by atoms with Gasteiger partial charge in [-0.3, -0.25) is 9.48 Å². The molecule has 1 fully saturated rings. The molecule has 1 amide bonds. The molecule has 2 aromatic heterocycles. The maximum absolute atomic E-state index is 12.4. The average Bonchev–Trinajstić information content (AvgIpc) is 3.36. The number of anilines is 1. The fraction of sp³-hybridized carbons (Fsp3) is 0.235. The number of carbonyl (C=O) groups is 1. The molecule has 3 aromatic rings. The SMILES string of the molecule is O=C(Nc1cnn([C@@H]2CCOC2)c1)c1csc(-c2ccccc2)n1. The van der Waals surface area contributed by atoms with Gasteiger partial charge in [0.15, 0.2) is 0 Å². The van der Waals surface area contributed by atoms with Crippen molar-refractivity contribution in [3.63, 3.8) is 0 Å². The van der Waals surface area contributed by atoms with Crippen molar-refractivity contribution in [2.75, 3.05) is 18.5 Å². The van der Waals surface area contributed by atoms with Gasteiger partial charge in [-0.25, -0.2) is 4.98 Å². The van der Waals surface area contributed by atoms with Crippen molar-refractivity contribution in [3.8, 4) is 10.6 Å². The smallest absolute Gasteiger partial charge is 0.275 e. The first-order chi connectivity index (χ1) is 11.8. The Labute approximate surface area is 143 Å². The summed E-state index contributed by atoms with van der Waals surface area (Å²) < 4.78 is 7.21. The van der Waals surface area contributed by atoms with E-state index in [2.05, 4.69) is 15.4 Å². The van der Waals surface area contributed by atoms with E-state index in [1.807, 2.05) is 41.2 Å². The Hall–Kier alpha value is -2.51. The van der Waals surface area contributed by atoms with Gasteiger partial charge in [-0.15, -0.1) is 11.3 Å². The van der Waals surface area contributed by atoms with Crippen LogP contribution in [-0.4, -0.2) is 33.9 Å². The van der Waals surface area contributed by atoms with Crippen LogP contribution in [0.2, 0.25) is 0 Å². The van der Waals surface area contributed by atoms with Crippen molar-refractivity contribution < 1.29 is 9.53 Å². The van der Waals surface area contributed by atoms with Crippen LogP contribution in [0, 0.1) is 0 Å². The van der Waals surface area contributed by atoms with Gasteiger partial charge in [0.2, 0.25) is 0 Å². The molecule has 0 aliphatic carbocycles. The molecule has 24 heavy (non-hydrogen) atoms. The third-order valence-electron chi connectivity index (χ3n) is 3.90. The number of benzene rings is 1. The molecule has 0 spiro atoms. The lowest BCUT2D eigenvalue weighted by atomic mass is 10.2. The summed E-state index contributed by atoms with van der Waals surface area (Å²) in [6.45, 7) is 1.43. The lowest BCUT2D eigenvalue weighted by molar-refractivity contribution is 0.102. The second-order valence-electron chi connectivity index (χ2n) is 5.58. The summed E-state index contributed by atoms with van der Waals surface area (Å²) in [6.07, 6.45) is 4.43. The first kappa shape index (κ1) is 15.0. The maximum Gasteiger partial charge on any atom is 0.275 e. The van der Waals surface area contributed by atoms with Crippen molar-refractivity contribution in [1.82, 2.24) is 14.8 Å². The number of carbonyl (C=O) groups excluding carboxylic acids is 1. The molecule has 3 heterocycles. The highest BCUT2D eigenvalue weighted by Crippen LogP contribution is 2.24. The van der Waals surface area contributed by atoms with E-state index in [9.17, 15) is 4.79 Å². The van der Waals surface area contributed by atoms with Gasteiger partial charge in [-0.2, -0.15) is 5.10 Å². The van der Waals surface area contributed by atoms with E-state index < -0.39 is 0 Å². The monoisotopic (exact) mass is 340 g/mol. The topological polar surface area (TPSA) is 69.0 Å². The molecule has 0 saturated carbocycles. The lowest BCUT2D eigenvalue weighted by Gasteiger charge is -2.06. The number of aromatic nitrogens is 3. The molecular weight excluding hydrogens is 324 g/mol. The minimum Gasteiger partial charge on any atom is -0.379 e. The molecule has 1 aliphatic rings. The summed E-state index contributed by atoms with van der Waals surface area (Å²) >= 11 is 1.46. The van der Waals surface area contributed by atoms with Crippen LogP contribution in [-0.2, 0) is 4.74 Å². The van der Waals surface area contributed by atoms with Crippen LogP contribution in [0.15, 0.2) is 48.1 Å². The number of nitrogens with zero attached hydrogens (tertiary/aromatic N) is 3. The molecule has 1 N–H and O–H groups in total. The number of ether oxygens (including phenoxy) is 1. The second kappa shape index (κ2) is 6.54. The van der Waals surface area contributed by atoms with E-state index in [1.54, 1.807) is 11.6 Å². The Bertz CT molecular complexity index is 837. The Morgan fingerprint density at radius 1 is 1.33 bits per heavy atom. The van der Waals surface area contributed by atoms with E-state index in [-0.39, 0.29) is 11.9 Å². The summed E-state index contributed by atoms with van der Waals surface area (Å²) in [7, 11) is 0. The normalized spacial score (nSPS) is 17.1. The van der Waals surface area contributed by atoms with Crippen LogP contribution in [0.3, 0.4) is 0 Å². The molecular formula is C17H16N4O2S. The Morgan fingerprint density at radius 3 is 3.00 bits per heavy atom. The highest BCUT2D eigenvalue weighted by atomic mass is 32.1. The van der Waals surface area contributed by atoms with Crippen LogP contribution in [0.1, 0.15) is 23.0 Å². The predicted octanol–water partition coefficient (Wildman–Crippen LogP) is 3.22. The van der Waals surface area contributed by atoms with Gasteiger partial charge in [0.05, 0.1) is 24.5 Å². The first-order valence-corrected chi connectivity index (χ1v) is 8.62. The summed E-state index contributed by atoms with van der Waals surface area (Å²) in [5, 5.41) is 9.75.